The van der Waals surface area contributed by atoms with E-state index in [1.54, 1.807) is 19.9 Å². The highest BCUT2D eigenvalue weighted by atomic mass is 16.5. The fourth-order valence-electron chi connectivity index (χ4n) is 2.00. The Balaban J connectivity index is 2.87. The van der Waals surface area contributed by atoms with Gasteiger partial charge in [-0.1, -0.05) is 0 Å². The number of ether oxygens (including phenoxy) is 2. The Kier molecular flexibility index (Phi) is 8.76. The quantitative estimate of drug-likeness (QED) is 0.271. The number of nitrogens with one attached hydrogen (secondary N) is 1. The molecule has 1 amide bonds. The van der Waals surface area contributed by atoms with Crippen molar-refractivity contribution in [2.24, 2.45) is 0 Å². The third kappa shape index (κ3) is 6.88. The smallest absolute Gasteiger partial charge is 0.328 e. The number of esters is 1. The Bertz CT molecular complexity index is 673. The molecular formula is C16H21N5O5. The summed E-state index contributed by atoms with van der Waals surface area (Å²) < 4.78 is 10.2. The molecule has 0 radical (unpaired) electrons. The number of methoxy groups -OCH3 is 1. The Morgan fingerprint density at radius 3 is 2.50 bits per heavy atom. The Hall–Kier alpha value is -2.97. The molecule has 2 atom stereocenters. The van der Waals surface area contributed by atoms with Crippen LogP contribution in [0.5, 0.6) is 0 Å². The number of ketones is 1. The minimum Gasteiger partial charge on any atom is -0.461 e. The second-order valence-corrected chi connectivity index (χ2v) is 5.52. The molecule has 1 N–H and O–H groups in total. The third-order valence-electron chi connectivity index (χ3n) is 3.13. The van der Waals surface area contributed by atoms with Gasteiger partial charge in [-0.15, -0.1) is 0 Å². The molecule has 0 saturated heterocycles. The second kappa shape index (κ2) is 10.8. The number of carbonyl (C=O) groups excluding carboxylic acids is 3. The fourth-order valence-corrected chi connectivity index (χ4v) is 2.00. The van der Waals surface area contributed by atoms with Gasteiger partial charge in [0.05, 0.1) is 6.10 Å². The summed E-state index contributed by atoms with van der Waals surface area (Å²) in [5, 5.41) is 2.49. The molecule has 1 aromatic rings. The van der Waals surface area contributed by atoms with Gasteiger partial charge in [0.25, 0.3) is 5.91 Å². The molecule has 10 heteroatoms. The normalized spacial score (nSPS) is 12.6. The molecule has 1 aromatic heterocycles. The molecule has 0 unspecified atom stereocenters. The van der Waals surface area contributed by atoms with Gasteiger partial charge in [-0.2, -0.15) is 4.79 Å². The van der Waals surface area contributed by atoms with Crippen LogP contribution in [-0.4, -0.2) is 57.9 Å². The zero-order valence-electron chi connectivity index (χ0n) is 14.8. The summed E-state index contributed by atoms with van der Waals surface area (Å²) in [6.07, 6.45) is 1.96. The zero-order valence-corrected chi connectivity index (χ0v) is 14.8. The van der Waals surface area contributed by atoms with Crippen LogP contribution in [0, 0.1) is 0 Å². The van der Waals surface area contributed by atoms with Gasteiger partial charge in [-0.05, 0) is 26.3 Å². The maximum absolute atomic E-state index is 12.5. The number of nitrogens with zero attached hydrogens (tertiary/aromatic N) is 4. The lowest BCUT2D eigenvalue weighted by Gasteiger charge is -2.21. The van der Waals surface area contributed by atoms with E-state index in [1.165, 1.54) is 19.5 Å². The monoisotopic (exact) mass is 363 g/mol. The first-order valence-electron chi connectivity index (χ1n) is 7.89. The highest BCUT2D eigenvalue weighted by molar-refractivity contribution is 6.25. The molecule has 0 aliphatic heterocycles. The summed E-state index contributed by atoms with van der Waals surface area (Å²) in [6.45, 7) is 3.33. The molecule has 10 nitrogen and oxygen atoms in total. The summed E-state index contributed by atoms with van der Waals surface area (Å²) in [5.41, 5.74) is 8.36. The average Bonchev–Trinajstić information content (AvgIpc) is 2.59. The summed E-state index contributed by atoms with van der Waals surface area (Å²) in [4.78, 5) is 46.7. The van der Waals surface area contributed by atoms with Gasteiger partial charge >= 0.3 is 12.2 Å². The summed E-state index contributed by atoms with van der Waals surface area (Å²) in [7, 11) is 1.31. The van der Waals surface area contributed by atoms with Crippen molar-refractivity contribution >= 4 is 23.9 Å². The molecule has 0 aliphatic carbocycles. The number of rotatable bonds is 10. The van der Waals surface area contributed by atoms with E-state index in [-0.39, 0.29) is 18.7 Å². The Morgan fingerprint density at radius 2 is 1.96 bits per heavy atom. The lowest BCUT2D eigenvalue weighted by Crippen LogP contribution is -2.45. The number of hydrogen-bond donors (Lipinski definition) is 1. The molecule has 0 aliphatic rings. The van der Waals surface area contributed by atoms with Crippen molar-refractivity contribution < 1.29 is 28.6 Å². The van der Waals surface area contributed by atoms with E-state index >= 15 is 0 Å². The standard InChI is InChI=1S/C16H21N5O5/c1-10(2)26-16(24)12(6-5-11(22)9-20-17)21-15(23)13(25-3)14-18-7-4-8-19-14/h4,7-10,12-13H,5-6H2,1-3H3,(H,21,23)/t12-,13+/m0/s1. The van der Waals surface area contributed by atoms with Crippen LogP contribution in [-0.2, 0) is 23.9 Å². The van der Waals surface area contributed by atoms with Crippen LogP contribution in [0.4, 0.5) is 0 Å². The molecular weight excluding hydrogens is 342 g/mol. The van der Waals surface area contributed by atoms with Crippen molar-refractivity contribution in [3.63, 3.8) is 0 Å². The number of carbonyl (C=O) groups is 3. The zero-order chi connectivity index (χ0) is 19.5. The third-order valence-corrected chi connectivity index (χ3v) is 3.13. The van der Waals surface area contributed by atoms with Crippen molar-refractivity contribution in [3.8, 4) is 0 Å². The van der Waals surface area contributed by atoms with Crippen LogP contribution in [0.2, 0.25) is 0 Å². The van der Waals surface area contributed by atoms with E-state index in [0.717, 1.165) is 6.21 Å². The average molecular weight is 363 g/mol. The highest BCUT2D eigenvalue weighted by Gasteiger charge is 2.29. The molecule has 1 heterocycles. The highest BCUT2D eigenvalue weighted by Crippen LogP contribution is 2.13. The lowest BCUT2D eigenvalue weighted by molar-refractivity contribution is -0.153. The summed E-state index contributed by atoms with van der Waals surface area (Å²) in [6, 6.07) is 0.507. The van der Waals surface area contributed by atoms with Crippen LogP contribution in [0.3, 0.4) is 0 Å². The van der Waals surface area contributed by atoms with Gasteiger partial charge in [0, 0.05) is 25.9 Å². The number of amides is 1. The lowest BCUT2D eigenvalue weighted by atomic mass is 10.1. The first-order chi connectivity index (χ1) is 12.4. The number of hydrogen-bond acceptors (Lipinski definition) is 7. The van der Waals surface area contributed by atoms with E-state index in [2.05, 4.69) is 20.1 Å². The van der Waals surface area contributed by atoms with Gasteiger partial charge in [-0.25, -0.2) is 14.8 Å². The van der Waals surface area contributed by atoms with Gasteiger partial charge < -0.3 is 20.3 Å². The van der Waals surface area contributed by atoms with Crippen molar-refractivity contribution in [3.05, 3.63) is 29.8 Å². The molecule has 0 saturated carbocycles. The van der Waals surface area contributed by atoms with Crippen molar-refractivity contribution in [2.45, 2.75) is 44.9 Å². The topological polar surface area (TPSA) is 144 Å². The predicted molar refractivity (Wildman–Crippen MR) is 88.9 cm³/mol. The Morgan fingerprint density at radius 1 is 1.31 bits per heavy atom. The summed E-state index contributed by atoms with van der Waals surface area (Å²) in [5.74, 6) is -1.70. The van der Waals surface area contributed by atoms with E-state index in [1.807, 2.05) is 0 Å². The minimum atomic E-state index is -1.12. The van der Waals surface area contributed by atoms with Crippen LogP contribution in [0.1, 0.15) is 38.6 Å². The molecule has 0 spiro atoms. The molecule has 1 rings (SSSR count). The van der Waals surface area contributed by atoms with E-state index < -0.39 is 35.9 Å². The molecule has 26 heavy (non-hydrogen) atoms. The minimum absolute atomic E-state index is 0.0335. The second-order valence-electron chi connectivity index (χ2n) is 5.52. The van der Waals surface area contributed by atoms with Crippen molar-refractivity contribution in [1.82, 2.24) is 15.3 Å². The molecule has 0 fully saturated rings. The van der Waals surface area contributed by atoms with E-state index in [9.17, 15) is 14.4 Å². The fraction of sp³-hybridized carbons (Fsp3) is 0.500. The maximum atomic E-state index is 12.5. The predicted octanol–water partition coefficient (Wildman–Crippen LogP) is 0.250. The number of aromatic nitrogens is 2. The maximum Gasteiger partial charge on any atom is 0.328 e. The van der Waals surface area contributed by atoms with Gasteiger partial charge in [-0.3, -0.25) is 9.59 Å². The first kappa shape index (κ1) is 21.1. The Labute approximate surface area is 150 Å². The number of Topliss-reactive ketones (excluding diaryl/α,β-unsaturated/α-hetero) is 1. The van der Waals surface area contributed by atoms with Crippen molar-refractivity contribution in [1.29, 1.82) is 0 Å². The van der Waals surface area contributed by atoms with Gasteiger partial charge in [0.1, 0.15) is 6.04 Å². The largest absolute Gasteiger partial charge is 0.461 e. The first-order valence-corrected chi connectivity index (χ1v) is 7.89. The molecule has 0 aromatic carbocycles. The van der Waals surface area contributed by atoms with Gasteiger partial charge in [0.15, 0.2) is 11.9 Å². The van der Waals surface area contributed by atoms with Gasteiger partial charge in [0.2, 0.25) is 5.78 Å². The van der Waals surface area contributed by atoms with Crippen molar-refractivity contribution in [2.75, 3.05) is 7.11 Å². The molecule has 140 valence electrons. The van der Waals surface area contributed by atoms with Crippen LogP contribution >= 0.6 is 0 Å². The van der Waals surface area contributed by atoms with Crippen LogP contribution in [0.15, 0.2) is 18.5 Å². The van der Waals surface area contributed by atoms with Crippen LogP contribution < -0.4 is 5.32 Å². The molecule has 0 bridgehead atoms. The van der Waals surface area contributed by atoms with E-state index in [4.69, 9.17) is 15.0 Å². The SMILES string of the molecule is CO[C@@H](C(=O)N[C@@H](CCC(=O)C=[N+]=[N-])C(=O)OC(C)C)c1ncccn1. The van der Waals surface area contributed by atoms with E-state index in [0.29, 0.717) is 0 Å². The van der Waals surface area contributed by atoms with Crippen LogP contribution in [0.25, 0.3) is 5.53 Å². The summed E-state index contributed by atoms with van der Waals surface area (Å²) >= 11 is 0.